The monoisotopic (exact) mass is 343 g/mol. The van der Waals surface area contributed by atoms with Crippen LogP contribution in [0.25, 0.3) is 0 Å². The van der Waals surface area contributed by atoms with E-state index in [2.05, 4.69) is 4.90 Å². The van der Waals surface area contributed by atoms with Gasteiger partial charge in [0.2, 0.25) is 10.0 Å². The SMILES string of the molecule is Cc1cc(S(N)(=O)=O)sc1C(=O)N1CCN2CCCC[C@@H]2C1. The summed E-state index contributed by atoms with van der Waals surface area (Å²) in [5, 5.41) is 5.16. The molecule has 0 radical (unpaired) electrons. The second-order valence-electron chi connectivity index (χ2n) is 6.06. The molecule has 0 bridgehead atoms. The average molecular weight is 343 g/mol. The Bertz CT molecular complexity index is 684. The van der Waals surface area contributed by atoms with E-state index in [1.54, 1.807) is 6.92 Å². The van der Waals surface area contributed by atoms with Gasteiger partial charge in [-0.3, -0.25) is 9.69 Å². The standard InChI is InChI=1S/C14H21N3O3S2/c1-10-8-12(22(15,19)20)21-13(10)14(18)17-7-6-16-5-3-2-4-11(16)9-17/h8,11H,2-7,9H2,1H3,(H2,15,19,20)/t11-/m1/s1. The zero-order valence-corrected chi connectivity index (χ0v) is 14.3. The summed E-state index contributed by atoms with van der Waals surface area (Å²) >= 11 is 0.980. The summed E-state index contributed by atoms with van der Waals surface area (Å²) in [5.41, 5.74) is 0.685. The molecule has 0 aromatic carbocycles. The topological polar surface area (TPSA) is 83.7 Å². The number of fused-ring (bicyclic) bond motifs is 1. The Morgan fingerprint density at radius 3 is 2.77 bits per heavy atom. The van der Waals surface area contributed by atoms with Crippen LogP contribution < -0.4 is 5.14 Å². The third kappa shape index (κ3) is 3.05. The van der Waals surface area contributed by atoms with Gasteiger partial charge in [-0.05, 0) is 37.9 Å². The van der Waals surface area contributed by atoms with Crippen LogP contribution in [0.15, 0.2) is 10.3 Å². The molecule has 2 aliphatic rings. The van der Waals surface area contributed by atoms with E-state index in [0.717, 1.165) is 37.4 Å². The molecular weight excluding hydrogens is 322 g/mol. The molecule has 2 fully saturated rings. The number of piperidine rings is 1. The number of nitrogens with two attached hydrogens (primary N) is 1. The lowest BCUT2D eigenvalue weighted by Crippen LogP contribution is -2.56. The summed E-state index contributed by atoms with van der Waals surface area (Å²) in [5.74, 6) is -0.0670. The maximum Gasteiger partial charge on any atom is 0.264 e. The Hall–Kier alpha value is -0.960. The molecule has 0 unspecified atom stereocenters. The number of piperazine rings is 1. The van der Waals surface area contributed by atoms with Crippen molar-refractivity contribution in [2.75, 3.05) is 26.2 Å². The molecule has 3 heterocycles. The van der Waals surface area contributed by atoms with Crippen molar-refractivity contribution in [3.05, 3.63) is 16.5 Å². The molecule has 2 saturated heterocycles. The number of aryl methyl sites for hydroxylation is 1. The van der Waals surface area contributed by atoms with Crippen molar-refractivity contribution >= 4 is 27.3 Å². The summed E-state index contributed by atoms with van der Waals surface area (Å²) < 4.78 is 22.9. The average Bonchev–Trinajstić information content (AvgIpc) is 2.88. The summed E-state index contributed by atoms with van der Waals surface area (Å²) in [6.07, 6.45) is 3.60. The van der Waals surface area contributed by atoms with Gasteiger partial charge >= 0.3 is 0 Å². The molecule has 2 aliphatic heterocycles. The van der Waals surface area contributed by atoms with Gasteiger partial charge in [-0.1, -0.05) is 6.42 Å². The molecule has 1 aromatic heterocycles. The minimum Gasteiger partial charge on any atom is -0.335 e. The van der Waals surface area contributed by atoms with Crippen LogP contribution in [0.3, 0.4) is 0 Å². The lowest BCUT2D eigenvalue weighted by Gasteiger charge is -2.44. The van der Waals surface area contributed by atoms with E-state index in [1.807, 2.05) is 4.90 Å². The molecule has 0 aliphatic carbocycles. The molecular formula is C14H21N3O3S2. The molecule has 0 saturated carbocycles. The third-order valence-electron chi connectivity index (χ3n) is 4.49. The number of carbonyl (C=O) groups excluding carboxylic acids is 1. The van der Waals surface area contributed by atoms with Crippen LogP contribution in [0, 0.1) is 6.92 Å². The molecule has 0 spiro atoms. The number of hydrogen-bond donors (Lipinski definition) is 1. The lowest BCUT2D eigenvalue weighted by atomic mass is 9.99. The predicted molar refractivity (Wildman–Crippen MR) is 85.5 cm³/mol. The minimum atomic E-state index is -3.75. The van der Waals surface area contributed by atoms with Crippen LogP contribution in [-0.2, 0) is 10.0 Å². The number of carbonyl (C=O) groups is 1. The van der Waals surface area contributed by atoms with Crippen molar-refractivity contribution in [1.82, 2.24) is 9.80 Å². The van der Waals surface area contributed by atoms with Crippen LogP contribution in [0.2, 0.25) is 0 Å². The van der Waals surface area contributed by atoms with Crippen molar-refractivity contribution in [2.45, 2.75) is 36.4 Å². The van der Waals surface area contributed by atoms with Crippen molar-refractivity contribution in [1.29, 1.82) is 0 Å². The maximum absolute atomic E-state index is 12.7. The van der Waals surface area contributed by atoms with E-state index in [0.29, 0.717) is 23.0 Å². The van der Waals surface area contributed by atoms with Gasteiger partial charge < -0.3 is 4.90 Å². The molecule has 8 heteroatoms. The van der Waals surface area contributed by atoms with E-state index < -0.39 is 10.0 Å². The molecule has 1 atom stereocenters. The fourth-order valence-electron chi connectivity index (χ4n) is 3.29. The van der Waals surface area contributed by atoms with Crippen molar-refractivity contribution in [2.24, 2.45) is 5.14 Å². The molecule has 1 aromatic rings. The number of sulfonamides is 1. The first-order valence-corrected chi connectivity index (χ1v) is 9.89. The summed E-state index contributed by atoms with van der Waals surface area (Å²) in [6, 6.07) is 1.94. The molecule has 122 valence electrons. The number of rotatable bonds is 2. The zero-order chi connectivity index (χ0) is 15.9. The maximum atomic E-state index is 12.7. The Kier molecular flexibility index (Phi) is 4.28. The third-order valence-corrected chi connectivity index (χ3v) is 7.14. The van der Waals surface area contributed by atoms with Crippen molar-refractivity contribution in [3.8, 4) is 0 Å². The quantitative estimate of drug-likeness (QED) is 0.869. The molecule has 22 heavy (non-hydrogen) atoms. The first-order valence-electron chi connectivity index (χ1n) is 7.53. The highest BCUT2D eigenvalue weighted by Gasteiger charge is 2.32. The van der Waals surface area contributed by atoms with Gasteiger partial charge in [-0.15, -0.1) is 11.3 Å². The van der Waals surface area contributed by atoms with E-state index in [9.17, 15) is 13.2 Å². The lowest BCUT2D eigenvalue weighted by molar-refractivity contribution is 0.0375. The second-order valence-corrected chi connectivity index (χ2v) is 8.90. The largest absolute Gasteiger partial charge is 0.335 e. The van der Waals surface area contributed by atoms with Crippen molar-refractivity contribution in [3.63, 3.8) is 0 Å². The number of hydrogen-bond acceptors (Lipinski definition) is 5. The van der Waals surface area contributed by atoms with E-state index in [4.69, 9.17) is 5.14 Å². The van der Waals surface area contributed by atoms with Crippen molar-refractivity contribution < 1.29 is 13.2 Å². The van der Waals surface area contributed by atoms with Gasteiger partial charge in [0.15, 0.2) is 0 Å². The van der Waals surface area contributed by atoms with Crippen LogP contribution in [0.5, 0.6) is 0 Å². The second kappa shape index (κ2) is 5.92. The Labute approximate surface area is 134 Å². The molecule has 3 rings (SSSR count). The van der Waals surface area contributed by atoms with Gasteiger partial charge in [-0.2, -0.15) is 0 Å². The Balaban J connectivity index is 1.78. The first-order chi connectivity index (χ1) is 10.4. The highest BCUT2D eigenvalue weighted by molar-refractivity contribution is 7.91. The first kappa shape index (κ1) is 15.9. The Morgan fingerprint density at radius 1 is 1.32 bits per heavy atom. The summed E-state index contributed by atoms with van der Waals surface area (Å²) in [7, 11) is -3.75. The van der Waals surface area contributed by atoms with Gasteiger partial charge in [0.25, 0.3) is 5.91 Å². The molecule has 6 nitrogen and oxygen atoms in total. The summed E-state index contributed by atoms with van der Waals surface area (Å²) in [4.78, 5) is 17.5. The van der Waals surface area contributed by atoms with Gasteiger partial charge in [0.1, 0.15) is 4.21 Å². The number of nitrogens with zero attached hydrogens (tertiary/aromatic N) is 2. The van der Waals surface area contributed by atoms with Gasteiger partial charge in [0, 0.05) is 25.7 Å². The fraction of sp³-hybridized carbons (Fsp3) is 0.643. The minimum absolute atomic E-state index is 0.0599. The van der Waals surface area contributed by atoms with E-state index >= 15 is 0 Å². The fourth-order valence-corrected chi connectivity index (χ4v) is 5.22. The van der Waals surface area contributed by atoms with E-state index in [1.165, 1.54) is 18.9 Å². The molecule has 2 N–H and O–H groups in total. The van der Waals surface area contributed by atoms with E-state index in [-0.39, 0.29) is 10.1 Å². The number of amides is 1. The van der Waals surface area contributed by atoms with Crippen LogP contribution in [0.1, 0.15) is 34.5 Å². The normalized spacial score (nSPS) is 23.4. The number of thiophene rings is 1. The van der Waals surface area contributed by atoms with Crippen LogP contribution in [0.4, 0.5) is 0 Å². The highest BCUT2D eigenvalue weighted by atomic mass is 32.2. The highest BCUT2D eigenvalue weighted by Crippen LogP contribution is 2.28. The van der Waals surface area contributed by atoms with Crippen LogP contribution >= 0.6 is 11.3 Å². The molecule has 1 amide bonds. The summed E-state index contributed by atoms with van der Waals surface area (Å²) in [6.45, 7) is 5.23. The smallest absolute Gasteiger partial charge is 0.264 e. The predicted octanol–water partition coefficient (Wildman–Crippen LogP) is 1.01. The Morgan fingerprint density at radius 2 is 2.09 bits per heavy atom. The van der Waals surface area contributed by atoms with Crippen LogP contribution in [-0.4, -0.2) is 56.3 Å². The zero-order valence-electron chi connectivity index (χ0n) is 12.6. The van der Waals surface area contributed by atoms with Gasteiger partial charge in [0.05, 0.1) is 4.88 Å². The number of primary sulfonamides is 1. The van der Waals surface area contributed by atoms with Gasteiger partial charge in [-0.25, -0.2) is 13.6 Å².